The van der Waals surface area contributed by atoms with Crippen LogP contribution in [0.15, 0.2) is 10.9 Å². The maximum atomic E-state index is 12.1. The van der Waals surface area contributed by atoms with Crippen molar-refractivity contribution in [2.24, 2.45) is 0 Å². The molecule has 15 heavy (non-hydrogen) atoms. The molecule has 1 N–H and O–H groups in total. The fourth-order valence-electron chi connectivity index (χ4n) is 2.42. The number of fused-ring (bicyclic) bond motifs is 3. The Bertz CT molecular complexity index is 357. The van der Waals surface area contributed by atoms with Gasteiger partial charge in [-0.2, -0.15) is 0 Å². The van der Waals surface area contributed by atoms with E-state index in [1.807, 2.05) is 10.3 Å². The van der Waals surface area contributed by atoms with Gasteiger partial charge in [0.1, 0.15) is 5.69 Å². The minimum Gasteiger partial charge on any atom is -0.331 e. The Balaban J connectivity index is 1.80. The van der Waals surface area contributed by atoms with E-state index in [2.05, 4.69) is 10.3 Å². The summed E-state index contributed by atoms with van der Waals surface area (Å²) in [7, 11) is 0. The zero-order valence-electron chi connectivity index (χ0n) is 8.35. The van der Waals surface area contributed by atoms with Gasteiger partial charge >= 0.3 is 0 Å². The predicted octanol–water partition coefficient (Wildman–Crippen LogP) is 0.720. The van der Waals surface area contributed by atoms with Gasteiger partial charge in [0.25, 0.3) is 5.91 Å². The monoisotopic (exact) mass is 223 g/mol. The topological polar surface area (TPSA) is 45.2 Å². The molecule has 3 fully saturated rings. The molecule has 4 nitrogen and oxygen atoms in total. The van der Waals surface area contributed by atoms with Gasteiger partial charge in [0.05, 0.1) is 5.51 Å². The van der Waals surface area contributed by atoms with Crippen molar-refractivity contribution in [1.29, 1.82) is 0 Å². The van der Waals surface area contributed by atoms with Crippen LogP contribution in [0.5, 0.6) is 0 Å². The van der Waals surface area contributed by atoms with Crippen LogP contribution >= 0.6 is 11.3 Å². The lowest BCUT2D eigenvalue weighted by Crippen LogP contribution is -2.62. The highest BCUT2D eigenvalue weighted by molar-refractivity contribution is 7.07. The van der Waals surface area contributed by atoms with Crippen molar-refractivity contribution in [3.05, 3.63) is 16.6 Å². The average Bonchev–Trinajstić information content (AvgIpc) is 2.83. The molecule has 80 valence electrons. The predicted molar refractivity (Wildman–Crippen MR) is 58.0 cm³/mol. The molecule has 0 saturated carbocycles. The highest BCUT2D eigenvalue weighted by atomic mass is 32.1. The average molecular weight is 223 g/mol. The number of amides is 1. The number of aromatic nitrogens is 1. The highest BCUT2D eigenvalue weighted by Gasteiger charge is 2.36. The quantitative estimate of drug-likeness (QED) is 0.763. The van der Waals surface area contributed by atoms with Crippen LogP contribution < -0.4 is 5.32 Å². The number of carbonyl (C=O) groups excluding carboxylic acids is 1. The molecule has 4 rings (SSSR count). The molecule has 3 aliphatic rings. The molecule has 0 aromatic carbocycles. The zero-order chi connectivity index (χ0) is 10.3. The van der Waals surface area contributed by atoms with Crippen molar-refractivity contribution in [1.82, 2.24) is 15.2 Å². The van der Waals surface area contributed by atoms with Crippen molar-refractivity contribution >= 4 is 17.2 Å². The minimum atomic E-state index is 0.104. The molecule has 1 aromatic heterocycles. The number of thiazole rings is 1. The molecule has 1 amide bonds. The summed E-state index contributed by atoms with van der Waals surface area (Å²) in [4.78, 5) is 18.2. The second-order valence-electron chi connectivity index (χ2n) is 4.17. The number of rotatable bonds is 1. The Morgan fingerprint density at radius 1 is 1.60 bits per heavy atom. The van der Waals surface area contributed by atoms with Gasteiger partial charge in [-0.05, 0) is 12.8 Å². The first-order chi connectivity index (χ1) is 7.34. The molecule has 0 spiro atoms. The Hall–Kier alpha value is -0.940. The first-order valence-electron chi connectivity index (χ1n) is 5.27. The molecule has 1 aromatic rings. The molecule has 3 saturated heterocycles. The van der Waals surface area contributed by atoms with Crippen LogP contribution in [0.25, 0.3) is 0 Å². The van der Waals surface area contributed by atoms with Crippen molar-refractivity contribution in [2.75, 3.05) is 13.1 Å². The lowest BCUT2D eigenvalue weighted by atomic mass is 9.93. The minimum absolute atomic E-state index is 0.104. The van der Waals surface area contributed by atoms with Gasteiger partial charge in [0.2, 0.25) is 0 Å². The number of piperazine rings is 1. The summed E-state index contributed by atoms with van der Waals surface area (Å²) in [5, 5.41) is 5.27. The molecule has 0 aliphatic carbocycles. The Labute approximate surface area is 92.3 Å². The fourth-order valence-corrected chi connectivity index (χ4v) is 2.95. The summed E-state index contributed by atoms with van der Waals surface area (Å²) in [5.41, 5.74) is 2.32. The second kappa shape index (κ2) is 3.57. The first kappa shape index (κ1) is 9.30. The lowest BCUT2D eigenvalue weighted by Gasteiger charge is -2.45. The van der Waals surface area contributed by atoms with Crippen LogP contribution in [0.2, 0.25) is 0 Å². The second-order valence-corrected chi connectivity index (χ2v) is 4.89. The van der Waals surface area contributed by atoms with Crippen molar-refractivity contribution < 1.29 is 4.79 Å². The van der Waals surface area contributed by atoms with E-state index in [1.165, 1.54) is 17.8 Å². The van der Waals surface area contributed by atoms with E-state index in [1.54, 1.807) is 5.51 Å². The molecule has 2 bridgehead atoms. The third-order valence-corrected chi connectivity index (χ3v) is 3.85. The van der Waals surface area contributed by atoms with Crippen molar-refractivity contribution in [3.8, 4) is 0 Å². The van der Waals surface area contributed by atoms with E-state index in [0.29, 0.717) is 17.8 Å². The van der Waals surface area contributed by atoms with Gasteiger partial charge < -0.3 is 10.2 Å². The SMILES string of the molecule is O=C(c1cscn1)N1CC2CCC1CN2. The maximum absolute atomic E-state index is 12.1. The number of hydrogen-bond donors (Lipinski definition) is 1. The van der Waals surface area contributed by atoms with E-state index in [-0.39, 0.29) is 5.91 Å². The molecule has 4 heterocycles. The Morgan fingerprint density at radius 2 is 2.53 bits per heavy atom. The van der Waals surface area contributed by atoms with Crippen molar-refractivity contribution in [2.45, 2.75) is 24.9 Å². The fraction of sp³-hybridized carbons (Fsp3) is 0.600. The highest BCUT2D eigenvalue weighted by Crippen LogP contribution is 2.23. The smallest absolute Gasteiger partial charge is 0.273 e. The van der Waals surface area contributed by atoms with Crippen LogP contribution in [0.1, 0.15) is 23.3 Å². The summed E-state index contributed by atoms with van der Waals surface area (Å²) in [6.07, 6.45) is 2.33. The van der Waals surface area contributed by atoms with E-state index in [0.717, 1.165) is 19.5 Å². The van der Waals surface area contributed by atoms with Crippen LogP contribution in [0.3, 0.4) is 0 Å². The van der Waals surface area contributed by atoms with Gasteiger partial charge in [-0.15, -0.1) is 11.3 Å². The molecular weight excluding hydrogens is 210 g/mol. The summed E-state index contributed by atoms with van der Waals surface area (Å²) in [5.74, 6) is 0.104. The third kappa shape index (κ3) is 1.55. The third-order valence-electron chi connectivity index (χ3n) is 3.26. The summed E-state index contributed by atoms with van der Waals surface area (Å²) in [6.45, 7) is 1.79. The largest absolute Gasteiger partial charge is 0.331 e. The first-order valence-corrected chi connectivity index (χ1v) is 6.21. The van der Waals surface area contributed by atoms with Crippen LogP contribution in [-0.2, 0) is 0 Å². The Kier molecular flexibility index (Phi) is 2.21. The number of piperidine rings is 2. The number of nitrogens with one attached hydrogen (secondary N) is 1. The van der Waals surface area contributed by atoms with Crippen LogP contribution in [0.4, 0.5) is 0 Å². The van der Waals surface area contributed by atoms with E-state index >= 15 is 0 Å². The Morgan fingerprint density at radius 3 is 3.07 bits per heavy atom. The van der Waals surface area contributed by atoms with Gasteiger partial charge in [-0.25, -0.2) is 4.98 Å². The summed E-state index contributed by atoms with van der Waals surface area (Å²) >= 11 is 1.48. The maximum Gasteiger partial charge on any atom is 0.273 e. The molecule has 0 radical (unpaired) electrons. The molecule has 2 unspecified atom stereocenters. The molecular formula is C10H13N3OS. The number of carbonyl (C=O) groups is 1. The molecule has 5 heteroatoms. The van der Waals surface area contributed by atoms with Crippen molar-refractivity contribution in [3.63, 3.8) is 0 Å². The van der Waals surface area contributed by atoms with Gasteiger partial charge in [-0.1, -0.05) is 0 Å². The lowest BCUT2D eigenvalue weighted by molar-refractivity contribution is 0.0436. The molecule has 3 aliphatic heterocycles. The van der Waals surface area contributed by atoms with Gasteiger partial charge in [0, 0.05) is 30.6 Å². The standard InChI is InChI=1S/C10H13N3OS/c14-10(9-5-15-6-12-9)13-4-7-1-2-8(13)3-11-7/h5-8,11H,1-4H2. The zero-order valence-corrected chi connectivity index (χ0v) is 9.17. The molecule has 2 atom stereocenters. The number of nitrogens with zero attached hydrogens (tertiary/aromatic N) is 2. The van der Waals surface area contributed by atoms with E-state index in [4.69, 9.17) is 0 Å². The van der Waals surface area contributed by atoms with Crippen LogP contribution in [0, 0.1) is 0 Å². The summed E-state index contributed by atoms with van der Waals surface area (Å²) in [6, 6.07) is 0.877. The van der Waals surface area contributed by atoms with Gasteiger partial charge in [0.15, 0.2) is 0 Å². The van der Waals surface area contributed by atoms with E-state index < -0.39 is 0 Å². The van der Waals surface area contributed by atoms with Crippen LogP contribution in [-0.4, -0.2) is 41.0 Å². The summed E-state index contributed by atoms with van der Waals surface area (Å²) < 4.78 is 0. The normalized spacial score (nSPS) is 29.5. The van der Waals surface area contributed by atoms with Gasteiger partial charge in [-0.3, -0.25) is 4.79 Å². The van der Waals surface area contributed by atoms with E-state index in [9.17, 15) is 4.79 Å². The number of hydrogen-bond acceptors (Lipinski definition) is 4.